The molecule has 0 spiro atoms. The Bertz CT molecular complexity index is 1610. The van der Waals surface area contributed by atoms with Gasteiger partial charge in [-0.1, -0.05) is 6.07 Å². The molecule has 0 aliphatic heterocycles. The molecule has 9 heteroatoms. The zero-order chi connectivity index (χ0) is 24.0. The molecule has 5 aromatic rings. The van der Waals surface area contributed by atoms with Crippen LogP contribution >= 0.6 is 0 Å². The van der Waals surface area contributed by atoms with Crippen molar-refractivity contribution in [2.24, 2.45) is 7.05 Å². The smallest absolute Gasteiger partial charge is 0.235 e. The standard InChI is InChI=1S/C25H25N5O3S/c1-16(2)34(31,32)28-21-9-19(25-8-5-17(3)33-25)10-22(12-21)30-15-26-23-11-18(6-7-24(23)30)20-13-27-29(4)14-20/h5-16,28H,1-4H3. The van der Waals surface area contributed by atoms with Crippen LogP contribution in [-0.4, -0.2) is 33.0 Å². The van der Waals surface area contributed by atoms with Gasteiger partial charge in [0.2, 0.25) is 10.0 Å². The fourth-order valence-electron chi connectivity index (χ4n) is 3.79. The Kier molecular flexibility index (Phi) is 5.28. The molecule has 0 saturated carbocycles. The monoisotopic (exact) mass is 475 g/mol. The second-order valence-corrected chi connectivity index (χ2v) is 10.8. The summed E-state index contributed by atoms with van der Waals surface area (Å²) in [5, 5.41) is 3.68. The fourth-order valence-corrected chi connectivity index (χ4v) is 4.47. The van der Waals surface area contributed by atoms with E-state index in [1.807, 2.05) is 67.3 Å². The van der Waals surface area contributed by atoms with E-state index < -0.39 is 15.3 Å². The van der Waals surface area contributed by atoms with Gasteiger partial charge in [-0.15, -0.1) is 0 Å². The van der Waals surface area contributed by atoms with Gasteiger partial charge in [-0.3, -0.25) is 14.0 Å². The molecule has 0 aliphatic carbocycles. The lowest BCUT2D eigenvalue weighted by molar-refractivity contribution is 0.548. The number of furan rings is 1. The molecule has 0 unspecified atom stereocenters. The summed E-state index contributed by atoms with van der Waals surface area (Å²) in [6.45, 7) is 5.16. The normalized spacial score (nSPS) is 12.0. The quantitative estimate of drug-likeness (QED) is 0.367. The summed E-state index contributed by atoms with van der Waals surface area (Å²) in [6.07, 6.45) is 5.52. The number of imidazole rings is 1. The number of nitrogens with one attached hydrogen (secondary N) is 1. The SMILES string of the molecule is Cc1ccc(-c2cc(NS(=O)(=O)C(C)C)cc(-n3cnc4cc(-c5cnn(C)c5)ccc43)c2)o1. The van der Waals surface area contributed by atoms with Crippen LogP contribution < -0.4 is 4.72 Å². The third-order valence-electron chi connectivity index (χ3n) is 5.69. The summed E-state index contributed by atoms with van der Waals surface area (Å²) >= 11 is 0. The first-order valence-electron chi connectivity index (χ1n) is 10.9. The number of hydrogen-bond donors (Lipinski definition) is 1. The van der Waals surface area contributed by atoms with Gasteiger partial charge in [0.05, 0.1) is 28.2 Å². The van der Waals surface area contributed by atoms with Crippen molar-refractivity contribution in [3.8, 4) is 28.1 Å². The summed E-state index contributed by atoms with van der Waals surface area (Å²) in [5.41, 5.74) is 5.76. The van der Waals surface area contributed by atoms with Gasteiger partial charge in [0.25, 0.3) is 0 Å². The molecule has 0 radical (unpaired) electrons. The second kappa shape index (κ2) is 8.18. The third kappa shape index (κ3) is 4.10. The van der Waals surface area contributed by atoms with E-state index in [1.54, 1.807) is 37.0 Å². The average molecular weight is 476 g/mol. The first-order valence-corrected chi connectivity index (χ1v) is 12.4. The Balaban J connectivity index is 1.62. The number of hydrogen-bond acceptors (Lipinski definition) is 5. The first-order chi connectivity index (χ1) is 16.2. The van der Waals surface area contributed by atoms with Crippen LogP contribution in [0.4, 0.5) is 5.69 Å². The van der Waals surface area contributed by atoms with Gasteiger partial charge in [-0.2, -0.15) is 5.10 Å². The summed E-state index contributed by atoms with van der Waals surface area (Å²) in [4.78, 5) is 4.60. The van der Waals surface area contributed by atoms with Crippen molar-refractivity contribution in [3.05, 3.63) is 73.0 Å². The largest absolute Gasteiger partial charge is 0.461 e. The zero-order valence-electron chi connectivity index (χ0n) is 19.4. The number of sulfonamides is 1. The zero-order valence-corrected chi connectivity index (χ0v) is 20.2. The Labute approximate surface area is 197 Å². The van der Waals surface area contributed by atoms with Crippen molar-refractivity contribution < 1.29 is 12.8 Å². The van der Waals surface area contributed by atoms with Crippen molar-refractivity contribution >= 4 is 26.7 Å². The molecule has 3 aromatic heterocycles. The molecular weight excluding hydrogens is 450 g/mol. The van der Waals surface area contributed by atoms with E-state index in [0.717, 1.165) is 39.2 Å². The molecule has 0 atom stereocenters. The van der Waals surface area contributed by atoms with E-state index >= 15 is 0 Å². The van der Waals surface area contributed by atoms with Gasteiger partial charge in [0.15, 0.2) is 0 Å². The summed E-state index contributed by atoms with van der Waals surface area (Å²) in [5.74, 6) is 1.44. The molecule has 8 nitrogen and oxygen atoms in total. The highest BCUT2D eigenvalue weighted by molar-refractivity contribution is 7.93. The number of nitrogens with zero attached hydrogens (tertiary/aromatic N) is 4. The molecule has 1 N–H and O–H groups in total. The molecule has 0 amide bonds. The minimum atomic E-state index is -3.52. The number of benzene rings is 2. The Morgan fingerprint density at radius 1 is 1.00 bits per heavy atom. The van der Waals surface area contributed by atoms with Crippen LogP contribution in [0.15, 0.2) is 71.7 Å². The van der Waals surface area contributed by atoms with Crippen molar-refractivity contribution in [3.63, 3.8) is 0 Å². The lowest BCUT2D eigenvalue weighted by Gasteiger charge is -2.14. The van der Waals surface area contributed by atoms with Crippen molar-refractivity contribution in [1.29, 1.82) is 0 Å². The van der Waals surface area contributed by atoms with Gasteiger partial charge < -0.3 is 4.42 Å². The van der Waals surface area contributed by atoms with E-state index in [4.69, 9.17) is 4.42 Å². The summed E-state index contributed by atoms with van der Waals surface area (Å²) < 4.78 is 37.4. The highest BCUT2D eigenvalue weighted by atomic mass is 32.2. The van der Waals surface area contributed by atoms with Gasteiger partial charge >= 0.3 is 0 Å². The van der Waals surface area contributed by atoms with Crippen LogP contribution in [0.2, 0.25) is 0 Å². The third-order valence-corrected chi connectivity index (χ3v) is 7.45. The van der Waals surface area contributed by atoms with Crippen LogP contribution in [0.25, 0.3) is 39.2 Å². The van der Waals surface area contributed by atoms with Crippen LogP contribution in [-0.2, 0) is 17.1 Å². The Hall–Kier alpha value is -3.85. The molecule has 174 valence electrons. The maximum absolute atomic E-state index is 12.6. The van der Waals surface area contributed by atoms with Crippen LogP contribution in [0.1, 0.15) is 19.6 Å². The fraction of sp³-hybridized carbons (Fsp3) is 0.200. The highest BCUT2D eigenvalue weighted by Gasteiger charge is 2.18. The van der Waals surface area contributed by atoms with Gasteiger partial charge in [-0.05, 0) is 68.8 Å². The number of fused-ring (bicyclic) bond motifs is 1. The lowest BCUT2D eigenvalue weighted by atomic mass is 10.1. The minimum Gasteiger partial charge on any atom is -0.461 e. The Morgan fingerprint density at radius 3 is 2.50 bits per heavy atom. The van der Waals surface area contributed by atoms with Crippen molar-refractivity contribution in [2.45, 2.75) is 26.0 Å². The minimum absolute atomic E-state index is 0.462. The van der Waals surface area contributed by atoms with E-state index in [-0.39, 0.29) is 0 Å². The number of anilines is 1. The molecule has 0 bridgehead atoms. The maximum Gasteiger partial charge on any atom is 0.235 e. The van der Waals surface area contributed by atoms with Crippen LogP contribution in [0, 0.1) is 6.92 Å². The summed E-state index contributed by atoms with van der Waals surface area (Å²) in [7, 11) is -1.64. The van der Waals surface area contributed by atoms with E-state index in [9.17, 15) is 8.42 Å². The van der Waals surface area contributed by atoms with Crippen molar-refractivity contribution in [1.82, 2.24) is 19.3 Å². The molecular formula is C25H25N5O3S. The predicted octanol–water partition coefficient (Wildman–Crippen LogP) is 5.14. The molecule has 2 aromatic carbocycles. The molecule has 34 heavy (non-hydrogen) atoms. The van der Waals surface area contributed by atoms with E-state index in [0.29, 0.717) is 11.4 Å². The second-order valence-electron chi connectivity index (χ2n) is 8.60. The van der Waals surface area contributed by atoms with E-state index in [1.165, 1.54) is 0 Å². The average Bonchev–Trinajstić information content (AvgIpc) is 3.52. The molecule has 5 rings (SSSR count). The highest BCUT2D eigenvalue weighted by Crippen LogP contribution is 2.31. The predicted molar refractivity (Wildman–Crippen MR) is 133 cm³/mol. The maximum atomic E-state index is 12.6. The number of aryl methyl sites for hydroxylation is 2. The number of rotatable bonds is 6. The first kappa shape index (κ1) is 22.0. The molecule has 0 fully saturated rings. The van der Waals surface area contributed by atoms with Gasteiger partial charge in [0.1, 0.15) is 17.8 Å². The molecule has 3 heterocycles. The van der Waals surface area contributed by atoms with E-state index in [2.05, 4.69) is 14.8 Å². The number of aromatic nitrogens is 4. The topological polar surface area (TPSA) is 95.0 Å². The lowest BCUT2D eigenvalue weighted by Crippen LogP contribution is -2.22. The van der Waals surface area contributed by atoms with Gasteiger partial charge in [0, 0.05) is 30.1 Å². The molecule has 0 aliphatic rings. The van der Waals surface area contributed by atoms with Crippen molar-refractivity contribution in [2.75, 3.05) is 4.72 Å². The Morgan fingerprint density at radius 2 is 1.82 bits per heavy atom. The summed E-state index contributed by atoms with van der Waals surface area (Å²) in [6, 6.07) is 15.4. The van der Waals surface area contributed by atoms with Crippen LogP contribution in [0.3, 0.4) is 0 Å². The van der Waals surface area contributed by atoms with Gasteiger partial charge in [-0.25, -0.2) is 13.4 Å². The van der Waals surface area contributed by atoms with Crippen LogP contribution in [0.5, 0.6) is 0 Å². The molecule has 0 saturated heterocycles.